The summed E-state index contributed by atoms with van der Waals surface area (Å²) in [6.07, 6.45) is 3.01. The lowest BCUT2D eigenvalue weighted by molar-refractivity contribution is -0.137. The number of esters is 1. The average molecular weight is 475 g/mol. The van der Waals surface area contributed by atoms with E-state index in [0.29, 0.717) is 28.5 Å². The molecule has 0 saturated carbocycles. The molecule has 2 aromatic rings. The number of carbonyl (C=O) groups excluding carboxylic acids is 1. The van der Waals surface area contributed by atoms with Gasteiger partial charge in [-0.25, -0.2) is 4.79 Å². The fourth-order valence-corrected chi connectivity index (χ4v) is 3.39. The summed E-state index contributed by atoms with van der Waals surface area (Å²) in [5, 5.41) is 0.461. The van der Waals surface area contributed by atoms with Crippen LogP contribution in [0, 0.1) is 0 Å². The van der Waals surface area contributed by atoms with Gasteiger partial charge >= 0.3 is 5.97 Å². The van der Waals surface area contributed by atoms with Gasteiger partial charge in [-0.1, -0.05) is 39.7 Å². The number of hydrogen-bond donors (Lipinski definition) is 0. The van der Waals surface area contributed by atoms with Gasteiger partial charge in [0.05, 0.1) is 16.1 Å². The van der Waals surface area contributed by atoms with Gasteiger partial charge in [0.1, 0.15) is 6.61 Å². The highest BCUT2D eigenvalue weighted by Crippen LogP contribution is 2.35. The van der Waals surface area contributed by atoms with Crippen molar-refractivity contribution in [3.8, 4) is 5.75 Å². The molecule has 0 unspecified atom stereocenters. The first-order valence-electron chi connectivity index (χ1n) is 7.20. The van der Waals surface area contributed by atoms with Crippen LogP contribution in [-0.2, 0) is 16.1 Å². The summed E-state index contributed by atoms with van der Waals surface area (Å²) in [6.45, 7) is 2.50. The van der Waals surface area contributed by atoms with E-state index in [9.17, 15) is 4.79 Å². The fraction of sp³-hybridized carbons (Fsp3) is 0.167. The summed E-state index contributed by atoms with van der Waals surface area (Å²) < 4.78 is 12.4. The zero-order chi connectivity index (χ0) is 17.5. The van der Waals surface area contributed by atoms with Crippen molar-refractivity contribution < 1.29 is 14.3 Å². The van der Waals surface area contributed by atoms with E-state index in [-0.39, 0.29) is 5.97 Å². The maximum Gasteiger partial charge on any atom is 0.330 e. The second-order valence-corrected chi connectivity index (χ2v) is 6.99. The van der Waals surface area contributed by atoms with Crippen molar-refractivity contribution in [2.45, 2.75) is 13.5 Å². The molecule has 0 fully saturated rings. The van der Waals surface area contributed by atoms with Crippen LogP contribution in [0.3, 0.4) is 0 Å². The Hall–Kier alpha value is -1.30. The topological polar surface area (TPSA) is 35.5 Å². The van der Waals surface area contributed by atoms with Crippen molar-refractivity contribution in [2.24, 2.45) is 0 Å². The van der Waals surface area contributed by atoms with E-state index >= 15 is 0 Å². The predicted octanol–water partition coefficient (Wildman–Crippen LogP) is 6.02. The van der Waals surface area contributed by atoms with E-state index in [0.717, 1.165) is 15.6 Å². The molecule has 0 saturated heterocycles. The molecule has 0 aliphatic carbocycles. The summed E-state index contributed by atoms with van der Waals surface area (Å²) in [5.41, 5.74) is 1.80. The van der Waals surface area contributed by atoms with Crippen LogP contribution in [0.25, 0.3) is 6.08 Å². The third-order valence-electron chi connectivity index (χ3n) is 2.99. The van der Waals surface area contributed by atoms with Gasteiger partial charge in [0.25, 0.3) is 0 Å². The molecular formula is C18H15Br2ClO3. The van der Waals surface area contributed by atoms with Gasteiger partial charge in [0.15, 0.2) is 5.75 Å². The number of hydrogen-bond acceptors (Lipinski definition) is 3. The van der Waals surface area contributed by atoms with Gasteiger partial charge in [0.2, 0.25) is 0 Å². The molecule has 0 spiro atoms. The van der Waals surface area contributed by atoms with Gasteiger partial charge < -0.3 is 9.47 Å². The van der Waals surface area contributed by atoms with E-state index in [1.165, 1.54) is 6.08 Å². The van der Waals surface area contributed by atoms with Crippen molar-refractivity contribution >= 4 is 55.5 Å². The van der Waals surface area contributed by atoms with Crippen LogP contribution in [0.4, 0.5) is 0 Å². The first-order valence-corrected chi connectivity index (χ1v) is 9.17. The molecule has 0 aromatic heterocycles. The summed E-state index contributed by atoms with van der Waals surface area (Å²) in [5.74, 6) is 0.171. The van der Waals surface area contributed by atoms with Crippen molar-refractivity contribution in [2.75, 3.05) is 6.61 Å². The highest BCUT2D eigenvalue weighted by Gasteiger charge is 2.09. The summed E-state index contributed by atoms with van der Waals surface area (Å²) in [4.78, 5) is 11.4. The summed E-state index contributed by atoms with van der Waals surface area (Å²) in [6, 6.07) is 11.4. The highest BCUT2D eigenvalue weighted by atomic mass is 79.9. The van der Waals surface area contributed by atoms with Crippen LogP contribution < -0.4 is 4.74 Å². The zero-order valence-corrected chi connectivity index (χ0v) is 16.8. The van der Waals surface area contributed by atoms with E-state index in [4.69, 9.17) is 21.1 Å². The first-order chi connectivity index (χ1) is 11.5. The van der Waals surface area contributed by atoms with Crippen molar-refractivity contribution in [1.82, 2.24) is 0 Å². The minimum Gasteiger partial charge on any atom is -0.486 e. The maximum atomic E-state index is 11.4. The van der Waals surface area contributed by atoms with Gasteiger partial charge in [-0.3, -0.25) is 0 Å². The number of halogens is 3. The first kappa shape index (κ1) is 19.0. The van der Waals surface area contributed by atoms with Crippen molar-refractivity contribution in [3.05, 3.63) is 67.6 Å². The molecule has 6 heteroatoms. The zero-order valence-electron chi connectivity index (χ0n) is 12.9. The molecule has 2 rings (SSSR count). The Balaban J connectivity index is 2.10. The lowest BCUT2D eigenvalue weighted by Gasteiger charge is -2.11. The van der Waals surface area contributed by atoms with Crippen LogP contribution in [0.5, 0.6) is 5.75 Å². The fourth-order valence-electron chi connectivity index (χ4n) is 1.95. The standard InChI is InChI=1S/C18H15Br2ClO3/c1-2-23-17(22)7-6-12-9-15(20)18(16(21)10-12)24-11-13-4-3-5-14(19)8-13/h3-10H,2,11H2,1H3/b7-6+. The Labute approximate surface area is 162 Å². The molecule has 0 aliphatic heterocycles. The molecule has 0 heterocycles. The molecule has 126 valence electrons. The van der Waals surface area contributed by atoms with Gasteiger partial charge in [-0.15, -0.1) is 0 Å². The van der Waals surface area contributed by atoms with Crippen molar-refractivity contribution in [1.29, 1.82) is 0 Å². The summed E-state index contributed by atoms with van der Waals surface area (Å²) >= 11 is 13.2. The van der Waals surface area contributed by atoms with Crippen LogP contribution in [0.2, 0.25) is 5.02 Å². The second kappa shape index (κ2) is 9.25. The highest BCUT2D eigenvalue weighted by molar-refractivity contribution is 9.10. The molecule has 0 N–H and O–H groups in total. The maximum absolute atomic E-state index is 11.4. The number of rotatable bonds is 6. The molecular weight excluding hydrogens is 459 g/mol. The number of carbonyl (C=O) groups is 1. The Morgan fingerprint density at radius 3 is 2.71 bits per heavy atom. The number of ether oxygens (including phenoxy) is 2. The van der Waals surface area contributed by atoms with E-state index in [2.05, 4.69) is 31.9 Å². The lowest BCUT2D eigenvalue weighted by Crippen LogP contribution is -1.99. The van der Waals surface area contributed by atoms with Gasteiger partial charge in [-0.2, -0.15) is 0 Å². The molecule has 24 heavy (non-hydrogen) atoms. The Morgan fingerprint density at radius 1 is 1.25 bits per heavy atom. The molecule has 2 aromatic carbocycles. The van der Waals surface area contributed by atoms with Crippen LogP contribution in [-0.4, -0.2) is 12.6 Å². The quantitative estimate of drug-likeness (QED) is 0.379. The van der Waals surface area contributed by atoms with Crippen molar-refractivity contribution in [3.63, 3.8) is 0 Å². The SMILES string of the molecule is CCOC(=O)/C=C/c1cc(Cl)c(OCc2cccc(Br)c2)c(Br)c1. The Morgan fingerprint density at radius 2 is 2.04 bits per heavy atom. The molecule has 3 nitrogen and oxygen atoms in total. The largest absolute Gasteiger partial charge is 0.486 e. The minimum absolute atomic E-state index is 0.343. The molecule has 0 atom stereocenters. The van der Waals surface area contributed by atoms with Crippen LogP contribution >= 0.6 is 43.5 Å². The second-order valence-electron chi connectivity index (χ2n) is 4.82. The Kier molecular flexibility index (Phi) is 7.34. The predicted molar refractivity (Wildman–Crippen MR) is 103 cm³/mol. The number of benzene rings is 2. The van der Waals surface area contributed by atoms with Gasteiger partial charge in [-0.05, 0) is 64.3 Å². The van der Waals surface area contributed by atoms with Crippen LogP contribution in [0.1, 0.15) is 18.1 Å². The van der Waals surface area contributed by atoms with Crippen LogP contribution in [0.15, 0.2) is 51.4 Å². The monoisotopic (exact) mass is 472 g/mol. The smallest absolute Gasteiger partial charge is 0.330 e. The molecule has 0 amide bonds. The van der Waals surface area contributed by atoms with Gasteiger partial charge in [0, 0.05) is 10.5 Å². The van der Waals surface area contributed by atoms with E-state index in [1.807, 2.05) is 30.3 Å². The normalized spacial score (nSPS) is 10.8. The minimum atomic E-state index is -0.389. The third-order valence-corrected chi connectivity index (χ3v) is 4.35. The summed E-state index contributed by atoms with van der Waals surface area (Å²) in [7, 11) is 0. The third kappa shape index (κ3) is 5.65. The lowest BCUT2D eigenvalue weighted by atomic mass is 10.2. The molecule has 0 radical (unpaired) electrons. The molecule has 0 bridgehead atoms. The van der Waals surface area contributed by atoms with E-state index < -0.39 is 0 Å². The average Bonchev–Trinajstić information content (AvgIpc) is 2.52. The molecule has 0 aliphatic rings. The Bertz CT molecular complexity index is 737. The van der Waals surface area contributed by atoms with E-state index in [1.54, 1.807) is 19.1 Å².